The van der Waals surface area contributed by atoms with Gasteiger partial charge in [-0.05, 0) is 82.9 Å². The van der Waals surface area contributed by atoms with Crippen molar-refractivity contribution in [3.63, 3.8) is 0 Å². The Balaban J connectivity index is 1.92. The Labute approximate surface area is 171 Å². The molecule has 0 aliphatic heterocycles. The normalized spacial score (nSPS) is 12.9. The quantitative estimate of drug-likeness (QED) is 0.379. The summed E-state index contributed by atoms with van der Waals surface area (Å²) in [6.45, 7) is 13.3. The third-order valence-corrected chi connectivity index (χ3v) is 10.5. The van der Waals surface area contributed by atoms with Gasteiger partial charge in [-0.25, -0.2) is 0 Å². The van der Waals surface area contributed by atoms with Gasteiger partial charge in [0.25, 0.3) is 0 Å². The molecule has 0 saturated heterocycles. The smallest absolute Gasteiger partial charge is 0.250 e. The fourth-order valence-corrected chi connectivity index (χ4v) is 4.34. The lowest BCUT2D eigenvalue weighted by molar-refractivity contribution is 0.492. The number of hydrogen-bond donors (Lipinski definition) is 0. The summed E-state index contributed by atoms with van der Waals surface area (Å²) in [5, 5.41) is 1.26. The van der Waals surface area contributed by atoms with Gasteiger partial charge >= 0.3 is 0 Å². The predicted octanol–water partition coefficient (Wildman–Crippen LogP) is 8.28. The monoisotopic (exact) mass is 442 g/mol. The van der Waals surface area contributed by atoms with Crippen LogP contribution >= 0.6 is 15.9 Å². The second-order valence-corrected chi connectivity index (χ2v) is 13.9. The summed E-state index contributed by atoms with van der Waals surface area (Å²) in [6, 6.07) is 14.4. The zero-order chi connectivity index (χ0) is 19.8. The average Bonchev–Trinajstić information content (AvgIpc) is 2.91. The fraction of sp³-hybridized carbons (Fsp3) is 0.304. The van der Waals surface area contributed by atoms with Crippen molar-refractivity contribution < 1.29 is 8.84 Å². The molecule has 0 radical (unpaired) electrons. The summed E-state index contributed by atoms with van der Waals surface area (Å²) in [4.78, 5) is 0. The molecule has 0 unspecified atom stereocenters. The maximum absolute atomic E-state index is 6.38. The van der Waals surface area contributed by atoms with Crippen molar-refractivity contribution in [2.45, 2.75) is 45.8 Å². The van der Waals surface area contributed by atoms with Crippen LogP contribution in [0.5, 0.6) is 5.75 Å². The molecule has 0 atom stereocenters. The molecule has 0 aliphatic carbocycles. The van der Waals surface area contributed by atoms with E-state index < -0.39 is 8.32 Å². The molecule has 0 bridgehead atoms. The third-order valence-electron chi connectivity index (χ3n) is 5.31. The van der Waals surface area contributed by atoms with Crippen LogP contribution in [0.4, 0.5) is 0 Å². The first kappa shape index (κ1) is 20.0. The lowest BCUT2D eigenvalue weighted by Crippen LogP contribution is -2.43. The van der Waals surface area contributed by atoms with Gasteiger partial charge in [-0.15, -0.1) is 0 Å². The summed E-state index contributed by atoms with van der Waals surface area (Å²) < 4.78 is 13.5. The van der Waals surface area contributed by atoms with E-state index in [1.54, 1.807) is 0 Å². The molecule has 0 aliphatic rings. The number of rotatable bonds is 4. The zero-order valence-electron chi connectivity index (χ0n) is 16.9. The Morgan fingerprint density at radius 2 is 1.70 bits per heavy atom. The van der Waals surface area contributed by atoms with E-state index in [4.69, 9.17) is 8.84 Å². The van der Waals surface area contributed by atoms with Crippen molar-refractivity contribution in [1.82, 2.24) is 0 Å². The van der Waals surface area contributed by atoms with Gasteiger partial charge in [0.05, 0.1) is 4.47 Å². The van der Waals surface area contributed by atoms with Crippen LogP contribution in [0.3, 0.4) is 0 Å². The van der Waals surface area contributed by atoms with Crippen LogP contribution in [0.25, 0.3) is 28.4 Å². The van der Waals surface area contributed by atoms with Gasteiger partial charge in [-0.3, -0.25) is 0 Å². The molecule has 0 saturated carbocycles. The standard InChI is InChI=1S/C23H27BrO2Si/c1-7-8-16-9-14-20-19(15-16)21(24)22(25-20)17-10-12-18(13-11-17)26-27(5,6)23(2,3)4/h7-15H,1-6H3/b8-7+. The van der Waals surface area contributed by atoms with E-state index in [2.05, 4.69) is 80.1 Å². The number of furan rings is 1. The average molecular weight is 443 g/mol. The van der Waals surface area contributed by atoms with Crippen LogP contribution < -0.4 is 4.43 Å². The van der Waals surface area contributed by atoms with E-state index in [1.165, 1.54) is 0 Å². The van der Waals surface area contributed by atoms with Crippen molar-refractivity contribution in [2.75, 3.05) is 0 Å². The maximum atomic E-state index is 6.38. The summed E-state index contributed by atoms with van der Waals surface area (Å²) in [5.74, 6) is 1.77. The van der Waals surface area contributed by atoms with Gasteiger partial charge in [0.1, 0.15) is 17.1 Å². The molecule has 4 heteroatoms. The molecular formula is C23H27BrO2Si. The largest absolute Gasteiger partial charge is 0.544 e. The van der Waals surface area contributed by atoms with E-state index in [0.717, 1.165) is 38.1 Å². The number of fused-ring (bicyclic) bond motifs is 1. The van der Waals surface area contributed by atoms with Crippen LogP contribution in [0, 0.1) is 0 Å². The van der Waals surface area contributed by atoms with Crippen LogP contribution in [-0.4, -0.2) is 8.32 Å². The number of benzene rings is 2. The number of halogens is 1. The predicted molar refractivity (Wildman–Crippen MR) is 122 cm³/mol. The van der Waals surface area contributed by atoms with Crippen molar-refractivity contribution in [1.29, 1.82) is 0 Å². The third kappa shape index (κ3) is 4.07. The van der Waals surface area contributed by atoms with Gasteiger partial charge in [0, 0.05) is 10.9 Å². The van der Waals surface area contributed by atoms with E-state index in [9.17, 15) is 0 Å². The van der Waals surface area contributed by atoms with Crippen molar-refractivity contribution in [3.8, 4) is 17.1 Å². The lowest BCUT2D eigenvalue weighted by Gasteiger charge is -2.36. The molecule has 1 heterocycles. The molecule has 27 heavy (non-hydrogen) atoms. The van der Waals surface area contributed by atoms with Gasteiger partial charge in [0.15, 0.2) is 0 Å². The highest BCUT2D eigenvalue weighted by molar-refractivity contribution is 9.10. The molecule has 2 aromatic carbocycles. The Kier molecular flexibility index (Phi) is 5.42. The number of allylic oxidation sites excluding steroid dienone is 1. The van der Waals surface area contributed by atoms with Gasteiger partial charge in [0.2, 0.25) is 8.32 Å². The molecule has 3 aromatic rings. The van der Waals surface area contributed by atoms with Crippen LogP contribution in [0.15, 0.2) is 57.4 Å². The highest BCUT2D eigenvalue weighted by atomic mass is 79.9. The van der Waals surface area contributed by atoms with Gasteiger partial charge < -0.3 is 8.84 Å². The Morgan fingerprint density at radius 3 is 2.30 bits per heavy atom. The Morgan fingerprint density at radius 1 is 1.04 bits per heavy atom. The molecule has 0 spiro atoms. The molecule has 0 amide bonds. The molecular weight excluding hydrogens is 416 g/mol. The van der Waals surface area contributed by atoms with Crippen LogP contribution in [0.2, 0.25) is 18.1 Å². The summed E-state index contributed by atoms with van der Waals surface area (Å²) in [5.41, 5.74) is 3.08. The molecule has 2 nitrogen and oxygen atoms in total. The topological polar surface area (TPSA) is 22.4 Å². The molecule has 142 valence electrons. The van der Waals surface area contributed by atoms with Crippen LogP contribution in [0.1, 0.15) is 33.3 Å². The van der Waals surface area contributed by atoms with E-state index in [-0.39, 0.29) is 5.04 Å². The van der Waals surface area contributed by atoms with Crippen molar-refractivity contribution in [2.24, 2.45) is 0 Å². The second-order valence-electron chi connectivity index (χ2n) is 8.39. The Hall–Kier alpha value is -1.78. The first-order valence-electron chi connectivity index (χ1n) is 9.26. The minimum atomic E-state index is -1.83. The van der Waals surface area contributed by atoms with E-state index in [0.29, 0.717) is 0 Å². The molecule has 1 aromatic heterocycles. The fourth-order valence-electron chi connectivity index (χ4n) is 2.69. The van der Waals surface area contributed by atoms with Crippen molar-refractivity contribution in [3.05, 3.63) is 58.6 Å². The highest BCUT2D eigenvalue weighted by Gasteiger charge is 2.38. The minimum absolute atomic E-state index is 0.179. The summed E-state index contributed by atoms with van der Waals surface area (Å²) in [6.07, 6.45) is 4.13. The van der Waals surface area contributed by atoms with Gasteiger partial charge in [-0.2, -0.15) is 0 Å². The SMILES string of the molecule is C/C=C/c1ccc2oc(-c3ccc(O[Si](C)(C)C(C)(C)C)cc3)c(Br)c2c1. The number of hydrogen-bond acceptors (Lipinski definition) is 2. The molecule has 0 fully saturated rings. The van der Waals surface area contributed by atoms with E-state index in [1.807, 2.05) is 31.2 Å². The molecule has 0 N–H and O–H groups in total. The van der Waals surface area contributed by atoms with E-state index >= 15 is 0 Å². The van der Waals surface area contributed by atoms with Crippen molar-refractivity contribution >= 4 is 41.3 Å². The summed E-state index contributed by atoms with van der Waals surface area (Å²) in [7, 11) is -1.83. The second kappa shape index (κ2) is 7.32. The van der Waals surface area contributed by atoms with Crippen LogP contribution in [-0.2, 0) is 0 Å². The molecule has 3 rings (SSSR count). The minimum Gasteiger partial charge on any atom is -0.544 e. The first-order chi connectivity index (χ1) is 12.6. The Bertz CT molecular complexity index is 976. The maximum Gasteiger partial charge on any atom is 0.250 e. The highest BCUT2D eigenvalue weighted by Crippen LogP contribution is 2.40. The first-order valence-corrected chi connectivity index (χ1v) is 13.0. The lowest BCUT2D eigenvalue weighted by atomic mass is 10.1. The summed E-state index contributed by atoms with van der Waals surface area (Å²) >= 11 is 3.73. The zero-order valence-corrected chi connectivity index (χ0v) is 19.5. The van der Waals surface area contributed by atoms with Gasteiger partial charge in [-0.1, -0.05) is 39.0 Å².